The standard InChI is InChI=1S/C15H19N3O2/c1-16-12(9-11-7-8-18(2)17-11)15-10-19-13-5-3-4-6-14(13)20-15/h3-8,12,15-16H,9-10H2,1-2H3. The van der Waals surface area contributed by atoms with Crippen LogP contribution in [0.2, 0.25) is 0 Å². The van der Waals surface area contributed by atoms with Gasteiger partial charge in [0.1, 0.15) is 12.7 Å². The number of ether oxygens (including phenoxy) is 2. The van der Waals surface area contributed by atoms with Crippen LogP contribution >= 0.6 is 0 Å². The van der Waals surface area contributed by atoms with Crippen molar-refractivity contribution in [3.05, 3.63) is 42.2 Å². The quantitative estimate of drug-likeness (QED) is 0.914. The second-order valence-electron chi connectivity index (χ2n) is 4.99. The molecule has 1 aliphatic rings. The average molecular weight is 273 g/mol. The number of fused-ring (bicyclic) bond motifs is 1. The van der Waals surface area contributed by atoms with Crippen LogP contribution in [0.25, 0.3) is 0 Å². The number of hydrogen-bond donors (Lipinski definition) is 1. The van der Waals surface area contributed by atoms with Crippen LogP contribution in [0.1, 0.15) is 5.69 Å². The van der Waals surface area contributed by atoms with Crippen LogP contribution < -0.4 is 14.8 Å². The zero-order chi connectivity index (χ0) is 13.9. The Morgan fingerprint density at radius 3 is 2.85 bits per heavy atom. The highest BCUT2D eigenvalue weighted by molar-refractivity contribution is 5.40. The van der Waals surface area contributed by atoms with Crippen molar-refractivity contribution in [1.29, 1.82) is 0 Å². The van der Waals surface area contributed by atoms with Crippen LogP contribution in [0.5, 0.6) is 11.5 Å². The lowest BCUT2D eigenvalue weighted by Gasteiger charge is -2.31. The highest BCUT2D eigenvalue weighted by atomic mass is 16.6. The minimum absolute atomic E-state index is 0.0168. The summed E-state index contributed by atoms with van der Waals surface area (Å²) >= 11 is 0. The summed E-state index contributed by atoms with van der Waals surface area (Å²) in [5.41, 5.74) is 1.05. The summed E-state index contributed by atoms with van der Waals surface area (Å²) in [5, 5.41) is 7.72. The molecule has 3 rings (SSSR count). The molecule has 1 aromatic heterocycles. The lowest BCUT2D eigenvalue weighted by atomic mass is 10.1. The van der Waals surface area contributed by atoms with Crippen LogP contribution in [-0.4, -0.2) is 35.6 Å². The number of rotatable bonds is 4. The first-order valence-electron chi connectivity index (χ1n) is 6.80. The molecule has 0 spiro atoms. The van der Waals surface area contributed by atoms with Crippen molar-refractivity contribution < 1.29 is 9.47 Å². The van der Waals surface area contributed by atoms with Gasteiger partial charge >= 0.3 is 0 Å². The third kappa shape index (κ3) is 2.63. The van der Waals surface area contributed by atoms with Gasteiger partial charge in [-0.05, 0) is 25.2 Å². The Labute approximate surface area is 118 Å². The topological polar surface area (TPSA) is 48.3 Å². The molecule has 1 aromatic carbocycles. The van der Waals surface area contributed by atoms with Gasteiger partial charge in [0.25, 0.3) is 0 Å². The van der Waals surface area contributed by atoms with Crippen LogP contribution in [0.15, 0.2) is 36.5 Å². The minimum Gasteiger partial charge on any atom is -0.486 e. The van der Waals surface area contributed by atoms with Crippen LogP contribution in [0, 0.1) is 0 Å². The molecule has 0 amide bonds. The van der Waals surface area contributed by atoms with Gasteiger partial charge in [-0.2, -0.15) is 5.10 Å². The van der Waals surface area contributed by atoms with Gasteiger partial charge in [0.2, 0.25) is 0 Å². The number of nitrogens with one attached hydrogen (secondary N) is 1. The van der Waals surface area contributed by atoms with Crippen molar-refractivity contribution in [3.63, 3.8) is 0 Å². The predicted molar refractivity (Wildman–Crippen MR) is 76.1 cm³/mol. The largest absolute Gasteiger partial charge is 0.486 e. The molecule has 20 heavy (non-hydrogen) atoms. The number of benzene rings is 1. The first-order valence-corrected chi connectivity index (χ1v) is 6.80. The highest BCUT2D eigenvalue weighted by Gasteiger charge is 2.28. The van der Waals surface area contributed by atoms with E-state index in [9.17, 15) is 0 Å². The molecular weight excluding hydrogens is 254 g/mol. The predicted octanol–water partition coefficient (Wildman–Crippen LogP) is 1.39. The van der Waals surface area contributed by atoms with Crippen LogP contribution in [0.3, 0.4) is 0 Å². The Bertz CT molecular complexity index is 582. The van der Waals surface area contributed by atoms with Crippen LogP contribution in [0.4, 0.5) is 0 Å². The van der Waals surface area contributed by atoms with E-state index in [1.165, 1.54) is 0 Å². The van der Waals surface area contributed by atoms with Gasteiger partial charge in [-0.3, -0.25) is 4.68 Å². The summed E-state index contributed by atoms with van der Waals surface area (Å²) in [6.07, 6.45) is 2.75. The number of aryl methyl sites for hydroxylation is 1. The van der Waals surface area contributed by atoms with Crippen molar-refractivity contribution in [1.82, 2.24) is 15.1 Å². The molecule has 1 aliphatic heterocycles. The van der Waals surface area contributed by atoms with Crippen molar-refractivity contribution in [2.75, 3.05) is 13.7 Å². The summed E-state index contributed by atoms with van der Waals surface area (Å²) in [5.74, 6) is 1.63. The first kappa shape index (κ1) is 13.0. The summed E-state index contributed by atoms with van der Waals surface area (Å²) < 4.78 is 13.6. The molecule has 2 aromatic rings. The maximum Gasteiger partial charge on any atom is 0.161 e. The smallest absolute Gasteiger partial charge is 0.161 e. The monoisotopic (exact) mass is 273 g/mol. The molecule has 0 saturated heterocycles. The lowest BCUT2D eigenvalue weighted by Crippen LogP contribution is -2.47. The molecule has 0 radical (unpaired) electrons. The fourth-order valence-electron chi connectivity index (χ4n) is 2.45. The normalized spacial score (nSPS) is 18.8. The fraction of sp³-hybridized carbons (Fsp3) is 0.400. The molecule has 106 valence electrons. The third-order valence-electron chi connectivity index (χ3n) is 3.55. The Hall–Kier alpha value is -2.01. The number of likely N-dealkylation sites (N-methyl/N-ethyl adjacent to an activating group) is 1. The summed E-state index contributed by atoms with van der Waals surface area (Å²) in [6, 6.07) is 9.97. The Kier molecular flexibility index (Phi) is 3.60. The Morgan fingerprint density at radius 1 is 1.35 bits per heavy atom. The van der Waals surface area contributed by atoms with Crippen molar-refractivity contribution in [2.45, 2.75) is 18.6 Å². The molecule has 0 fully saturated rings. The molecule has 5 nitrogen and oxygen atoms in total. The molecule has 1 N–H and O–H groups in total. The van der Waals surface area contributed by atoms with Gasteiger partial charge in [0, 0.05) is 19.7 Å². The van der Waals surface area contributed by atoms with E-state index in [1.807, 2.05) is 55.3 Å². The molecule has 2 unspecified atom stereocenters. The zero-order valence-electron chi connectivity index (χ0n) is 11.7. The lowest BCUT2D eigenvalue weighted by molar-refractivity contribution is 0.0638. The number of hydrogen-bond acceptors (Lipinski definition) is 4. The summed E-state index contributed by atoms with van der Waals surface area (Å²) in [6.45, 7) is 0.551. The molecule has 5 heteroatoms. The van der Waals surface area contributed by atoms with E-state index in [0.29, 0.717) is 6.61 Å². The third-order valence-corrected chi connectivity index (χ3v) is 3.55. The van der Waals surface area contributed by atoms with E-state index in [4.69, 9.17) is 9.47 Å². The van der Waals surface area contributed by atoms with E-state index in [0.717, 1.165) is 23.6 Å². The average Bonchev–Trinajstić information content (AvgIpc) is 2.89. The van der Waals surface area contributed by atoms with Crippen molar-refractivity contribution in [3.8, 4) is 11.5 Å². The van der Waals surface area contributed by atoms with Gasteiger partial charge < -0.3 is 14.8 Å². The zero-order valence-corrected chi connectivity index (χ0v) is 11.7. The molecule has 2 atom stereocenters. The number of nitrogens with zero attached hydrogens (tertiary/aromatic N) is 2. The highest BCUT2D eigenvalue weighted by Crippen LogP contribution is 2.31. The fourth-order valence-corrected chi connectivity index (χ4v) is 2.45. The van der Waals surface area contributed by atoms with Crippen molar-refractivity contribution >= 4 is 0 Å². The Morgan fingerprint density at radius 2 is 2.15 bits per heavy atom. The molecule has 0 aliphatic carbocycles. The van der Waals surface area contributed by atoms with Crippen molar-refractivity contribution in [2.24, 2.45) is 7.05 Å². The number of aromatic nitrogens is 2. The second kappa shape index (κ2) is 5.54. The minimum atomic E-state index is -0.0168. The van der Waals surface area contributed by atoms with Gasteiger partial charge in [-0.1, -0.05) is 12.1 Å². The van der Waals surface area contributed by atoms with Gasteiger partial charge in [-0.25, -0.2) is 0 Å². The van der Waals surface area contributed by atoms with Gasteiger partial charge in [0.15, 0.2) is 11.5 Å². The molecule has 0 saturated carbocycles. The maximum absolute atomic E-state index is 6.04. The molecule has 2 heterocycles. The first-order chi connectivity index (χ1) is 9.76. The van der Waals surface area contributed by atoms with E-state index in [-0.39, 0.29) is 12.1 Å². The molecular formula is C15H19N3O2. The Balaban J connectivity index is 1.71. The van der Waals surface area contributed by atoms with E-state index in [1.54, 1.807) is 0 Å². The van der Waals surface area contributed by atoms with E-state index >= 15 is 0 Å². The maximum atomic E-state index is 6.04. The van der Waals surface area contributed by atoms with E-state index < -0.39 is 0 Å². The second-order valence-corrected chi connectivity index (χ2v) is 4.99. The van der Waals surface area contributed by atoms with Gasteiger partial charge in [0.05, 0.1) is 11.7 Å². The van der Waals surface area contributed by atoms with E-state index in [2.05, 4.69) is 10.4 Å². The molecule has 0 bridgehead atoms. The number of para-hydroxylation sites is 2. The summed E-state index contributed by atoms with van der Waals surface area (Å²) in [7, 11) is 3.87. The van der Waals surface area contributed by atoms with Crippen LogP contribution in [-0.2, 0) is 13.5 Å². The SMILES string of the molecule is CNC(Cc1ccn(C)n1)C1COc2ccccc2O1. The van der Waals surface area contributed by atoms with Gasteiger partial charge in [-0.15, -0.1) is 0 Å². The summed E-state index contributed by atoms with van der Waals surface area (Å²) in [4.78, 5) is 0.